The third-order valence-electron chi connectivity index (χ3n) is 12.3. The van der Waals surface area contributed by atoms with Gasteiger partial charge in [-0.05, 0) is 93.5 Å². The molecular formula is C58H100O7Si. The largest absolute Gasteiger partial charge is 0.481 e. The van der Waals surface area contributed by atoms with E-state index in [4.69, 9.17) is 14.6 Å². The van der Waals surface area contributed by atoms with Crippen LogP contribution in [0.3, 0.4) is 0 Å². The summed E-state index contributed by atoms with van der Waals surface area (Å²) in [7, 11) is -0.00773. The molecule has 0 saturated heterocycles. The maximum atomic E-state index is 10.9. The zero-order valence-corrected chi connectivity index (χ0v) is 44.4. The summed E-state index contributed by atoms with van der Waals surface area (Å²) in [5, 5.41) is 27.6. The van der Waals surface area contributed by atoms with Gasteiger partial charge in [0.25, 0.3) is 8.32 Å². The summed E-state index contributed by atoms with van der Waals surface area (Å²) >= 11 is 0. The number of unbranched alkanes of at least 4 members (excludes halogenated alkanes) is 22. The van der Waals surface area contributed by atoms with E-state index in [0.717, 1.165) is 52.1 Å². The second-order valence-corrected chi connectivity index (χ2v) is 23.6. The molecule has 0 fully saturated rings. The zero-order chi connectivity index (χ0) is 49.0. The van der Waals surface area contributed by atoms with E-state index in [1.54, 1.807) is 0 Å². The average Bonchev–Trinajstić information content (AvgIpc) is 3.31. The Labute approximate surface area is 406 Å². The van der Waals surface area contributed by atoms with Crippen LogP contribution in [-0.2, 0) is 18.8 Å². The number of hydrogen-bond acceptors (Lipinski definition) is 6. The van der Waals surface area contributed by atoms with Crippen molar-refractivity contribution in [2.45, 2.75) is 244 Å². The van der Waals surface area contributed by atoms with Crippen LogP contribution in [0.15, 0.2) is 85.0 Å². The summed E-state index contributed by atoms with van der Waals surface area (Å²) < 4.78 is 11.8. The highest BCUT2D eigenvalue weighted by atomic mass is 28.4. The third-order valence-corrected chi connectivity index (χ3v) is 17.5. The minimum absolute atomic E-state index is 0.0317. The van der Waals surface area contributed by atoms with Gasteiger partial charge in [0.1, 0.15) is 0 Å². The van der Waals surface area contributed by atoms with E-state index in [-0.39, 0.29) is 29.6 Å². The first-order valence-electron chi connectivity index (χ1n) is 26.4. The predicted molar refractivity (Wildman–Crippen MR) is 284 cm³/mol. The molecule has 7 nitrogen and oxygen atoms in total. The Morgan fingerprint density at radius 3 is 1.21 bits per heavy atom. The molecule has 2 atom stereocenters. The molecule has 0 aliphatic carbocycles. The van der Waals surface area contributed by atoms with E-state index in [2.05, 4.69) is 117 Å². The summed E-state index contributed by atoms with van der Waals surface area (Å²) in [6.07, 6.45) is 44.0. The average molecular weight is 938 g/mol. The van der Waals surface area contributed by atoms with E-state index < -0.39 is 14.3 Å². The number of aliphatic carboxylic acids is 1. The van der Waals surface area contributed by atoms with Gasteiger partial charge in [-0.2, -0.15) is 0 Å². The lowest BCUT2D eigenvalue weighted by atomic mass is 10.0. The predicted octanol–water partition coefficient (Wildman–Crippen LogP) is 15.0. The van der Waals surface area contributed by atoms with E-state index in [0.29, 0.717) is 6.42 Å². The number of carbonyl (C=O) groups excluding carboxylic acids is 1. The van der Waals surface area contributed by atoms with Crippen LogP contribution in [0.5, 0.6) is 0 Å². The second kappa shape index (κ2) is 43.3. The number of benzene rings is 2. The third kappa shape index (κ3) is 33.4. The van der Waals surface area contributed by atoms with Gasteiger partial charge >= 0.3 is 11.9 Å². The molecule has 8 heteroatoms. The molecule has 0 amide bonds. The highest BCUT2D eigenvalue weighted by molar-refractivity contribution is 6.99. The zero-order valence-electron chi connectivity index (χ0n) is 43.4. The van der Waals surface area contributed by atoms with E-state index in [9.17, 15) is 14.7 Å². The Morgan fingerprint density at radius 2 is 0.864 bits per heavy atom. The highest BCUT2D eigenvalue weighted by Gasteiger charge is 2.50. The Hall–Kier alpha value is -3.04. The van der Waals surface area contributed by atoms with Crippen LogP contribution in [0, 0.1) is 0 Å². The smallest absolute Gasteiger partial charge is 0.305 e. The van der Waals surface area contributed by atoms with Crippen LogP contribution in [-0.4, -0.2) is 62.0 Å². The molecular weight excluding hydrogens is 837 g/mol. The number of methoxy groups -OCH3 is 1. The van der Waals surface area contributed by atoms with Crippen LogP contribution >= 0.6 is 0 Å². The number of carboxylic acid groups (broad SMARTS) is 1. The van der Waals surface area contributed by atoms with Crippen LogP contribution in [0.25, 0.3) is 0 Å². The molecule has 2 rings (SSSR count). The summed E-state index contributed by atoms with van der Waals surface area (Å²) in [6, 6.07) is 22.0. The van der Waals surface area contributed by atoms with Crippen molar-refractivity contribution >= 4 is 30.6 Å². The first-order valence-corrected chi connectivity index (χ1v) is 28.3. The van der Waals surface area contributed by atoms with Gasteiger partial charge in [0, 0.05) is 26.1 Å². The number of aliphatic hydroxyl groups is 2. The minimum Gasteiger partial charge on any atom is -0.481 e. The van der Waals surface area contributed by atoms with E-state index >= 15 is 0 Å². The van der Waals surface area contributed by atoms with Crippen LogP contribution in [0.1, 0.15) is 227 Å². The lowest BCUT2D eigenvalue weighted by Gasteiger charge is -2.44. The van der Waals surface area contributed by atoms with Crippen molar-refractivity contribution in [3.05, 3.63) is 85.0 Å². The molecule has 2 aromatic rings. The number of allylic oxidation sites excluding steroid dienone is 4. The number of carboxylic acids is 1. The molecule has 2 unspecified atom stereocenters. The van der Waals surface area contributed by atoms with Crippen molar-refractivity contribution in [3.8, 4) is 0 Å². The Kier molecular flexibility index (Phi) is 41.3. The first-order chi connectivity index (χ1) is 31.9. The van der Waals surface area contributed by atoms with Gasteiger partial charge in [-0.25, -0.2) is 0 Å². The molecule has 0 saturated carbocycles. The quantitative estimate of drug-likeness (QED) is 0.0266. The maximum Gasteiger partial charge on any atom is 0.305 e. The van der Waals surface area contributed by atoms with Gasteiger partial charge in [0.05, 0.1) is 13.2 Å². The van der Waals surface area contributed by atoms with Crippen molar-refractivity contribution < 1.29 is 34.1 Å². The normalized spacial score (nSPS) is 12.6. The molecule has 0 aliphatic rings. The van der Waals surface area contributed by atoms with Gasteiger partial charge in [0.2, 0.25) is 0 Å². The lowest BCUT2D eigenvalue weighted by Crippen LogP contribution is -2.67. The highest BCUT2D eigenvalue weighted by Crippen LogP contribution is 2.38. The summed E-state index contributed by atoms with van der Waals surface area (Å²) in [4.78, 5) is 21.4. The lowest BCUT2D eigenvalue weighted by molar-refractivity contribution is -0.140. The second-order valence-electron chi connectivity index (χ2n) is 19.4. The summed E-state index contributed by atoms with van der Waals surface area (Å²) in [5.74, 6) is -0.803. The van der Waals surface area contributed by atoms with E-state index in [1.165, 1.54) is 152 Å². The van der Waals surface area contributed by atoms with Gasteiger partial charge < -0.3 is 24.5 Å². The van der Waals surface area contributed by atoms with E-state index in [1.807, 2.05) is 6.92 Å². The van der Waals surface area contributed by atoms with Gasteiger partial charge in [-0.15, -0.1) is 0 Å². The molecule has 378 valence electrons. The summed E-state index contributed by atoms with van der Waals surface area (Å²) in [5.41, 5.74) is 0. The molecule has 3 N–H and O–H groups in total. The standard InChI is InChI=1S/C36H56O3Si.C21H40O3.CH4O/c1-32(26-20-16-14-12-10-8-6-5-7-9-11-13-15-17-25-31-35(37)38)39-40(36(2,3)4,33-27-21-18-22-28-33)34-29-23-19-24-30-34;1-20(22)18-16-14-12-10-8-6-4-3-5-7-9-11-13-15-17-19-21(23)24-2;1-2/h13,15,18-19,21-24,27-30,32H,5-12,14,16-17,20,25-26,31H2,1-4H3,(H,37,38);11,13,20,22H,3-10,12,14-19H2,1-2H3;2H,1H3/b15-13-;13-11-;. The van der Waals surface area contributed by atoms with Crippen LogP contribution in [0.2, 0.25) is 5.04 Å². The van der Waals surface area contributed by atoms with Gasteiger partial charge in [-0.3, -0.25) is 9.59 Å². The molecule has 0 aromatic heterocycles. The van der Waals surface area contributed by atoms with Gasteiger partial charge in [-0.1, -0.05) is 221 Å². The van der Waals surface area contributed by atoms with Gasteiger partial charge in [0.15, 0.2) is 0 Å². The topological polar surface area (TPSA) is 113 Å². The van der Waals surface area contributed by atoms with Crippen molar-refractivity contribution in [1.29, 1.82) is 0 Å². The molecule has 0 spiro atoms. The van der Waals surface area contributed by atoms with Crippen molar-refractivity contribution in [1.82, 2.24) is 0 Å². The van der Waals surface area contributed by atoms with Crippen LogP contribution in [0.4, 0.5) is 0 Å². The molecule has 0 bridgehead atoms. The fourth-order valence-electron chi connectivity index (χ4n) is 8.59. The first kappa shape index (κ1) is 63.0. The number of carbonyl (C=O) groups is 2. The number of aliphatic hydroxyl groups excluding tert-OH is 2. The summed E-state index contributed by atoms with van der Waals surface area (Å²) in [6.45, 7) is 11.2. The van der Waals surface area contributed by atoms with Crippen molar-refractivity contribution in [2.24, 2.45) is 0 Å². The SMILES string of the molecule is CC(CCCCCCCCCCCC/C=C\CCCC(=O)O)O[Si](c1ccccc1)(c1ccccc1)C(C)(C)C.CO.COC(=O)CCC/C=C\CCCCCCCCCCCCC(C)O. The Morgan fingerprint density at radius 1 is 0.530 bits per heavy atom. The molecule has 0 aliphatic heterocycles. The maximum absolute atomic E-state index is 10.9. The minimum atomic E-state index is -2.45. The monoisotopic (exact) mass is 937 g/mol. The molecule has 0 radical (unpaired) electrons. The molecule has 66 heavy (non-hydrogen) atoms. The Bertz CT molecular complexity index is 1400. The molecule has 2 aromatic carbocycles. The number of ether oxygens (including phenoxy) is 1. The Balaban J connectivity index is 0.00000139. The fraction of sp³-hybridized carbons (Fsp3) is 0.690. The number of hydrogen-bond donors (Lipinski definition) is 3. The van der Waals surface area contributed by atoms with Crippen LogP contribution < -0.4 is 10.4 Å². The number of rotatable bonds is 38. The van der Waals surface area contributed by atoms with Crippen molar-refractivity contribution in [2.75, 3.05) is 14.2 Å². The number of esters is 1. The fourth-order valence-corrected chi connectivity index (χ4v) is 13.3. The molecule has 0 heterocycles. The van der Waals surface area contributed by atoms with Crippen molar-refractivity contribution in [3.63, 3.8) is 0 Å².